The summed E-state index contributed by atoms with van der Waals surface area (Å²) >= 11 is 1.46. The van der Waals surface area contributed by atoms with Crippen LogP contribution in [-0.2, 0) is 4.79 Å². The minimum absolute atomic E-state index is 0.0248. The summed E-state index contributed by atoms with van der Waals surface area (Å²) < 4.78 is 0. The average molecular weight is 280 g/mol. The molecule has 0 bridgehead atoms. The fourth-order valence-corrected chi connectivity index (χ4v) is 2.45. The maximum atomic E-state index is 11.9. The number of carbonyl (C=O) groups is 2. The normalized spacial score (nSPS) is 15.4. The highest BCUT2D eigenvalue weighted by atomic mass is 32.2. The molecule has 102 valence electrons. The Bertz CT molecular complexity index is 505. The third-order valence-corrected chi connectivity index (χ3v) is 3.87. The van der Waals surface area contributed by atoms with Crippen molar-refractivity contribution in [3.05, 3.63) is 23.8 Å². The molecule has 2 amide bonds. The van der Waals surface area contributed by atoms with Gasteiger partial charge in [-0.3, -0.25) is 9.59 Å². The quantitative estimate of drug-likeness (QED) is 0.771. The van der Waals surface area contributed by atoms with Crippen LogP contribution in [-0.4, -0.2) is 35.8 Å². The first-order valence-corrected chi connectivity index (χ1v) is 7.04. The van der Waals surface area contributed by atoms with Gasteiger partial charge in [-0.2, -0.15) is 0 Å². The second kappa shape index (κ2) is 6.08. The first kappa shape index (κ1) is 13.9. The number of benzene rings is 1. The fraction of sp³-hybridized carbons (Fsp3) is 0.385. The monoisotopic (exact) mass is 280 g/mol. The van der Waals surface area contributed by atoms with Crippen molar-refractivity contribution in [1.29, 1.82) is 0 Å². The van der Waals surface area contributed by atoms with Crippen LogP contribution in [0.3, 0.4) is 0 Å². The van der Waals surface area contributed by atoms with Gasteiger partial charge in [0.15, 0.2) is 0 Å². The highest BCUT2D eigenvalue weighted by Gasteiger charge is 2.17. The van der Waals surface area contributed by atoms with Crippen LogP contribution in [0.25, 0.3) is 0 Å². The lowest BCUT2D eigenvalue weighted by atomic mass is 10.1. The van der Waals surface area contributed by atoms with Crippen LogP contribution in [0.1, 0.15) is 17.3 Å². The summed E-state index contributed by atoms with van der Waals surface area (Å²) in [6.45, 7) is 2.31. The molecule has 1 aromatic carbocycles. The van der Waals surface area contributed by atoms with Crippen molar-refractivity contribution < 1.29 is 14.7 Å². The number of aliphatic hydroxyl groups excluding tert-OH is 1. The molecule has 1 aliphatic rings. The molecule has 0 aliphatic carbocycles. The molecule has 0 aromatic heterocycles. The van der Waals surface area contributed by atoms with Gasteiger partial charge < -0.3 is 15.7 Å². The molecule has 2 rings (SSSR count). The van der Waals surface area contributed by atoms with Gasteiger partial charge in [0.2, 0.25) is 5.91 Å². The standard InChI is InChI=1S/C13H16N2O3S/c1-8(6-16)5-14-13(18)9-2-3-11-10(4-9)15-12(17)7-19-11/h2-4,8,16H,5-7H2,1H3,(H,14,18)(H,15,17). The van der Waals surface area contributed by atoms with Crippen molar-refractivity contribution >= 4 is 29.3 Å². The first-order chi connectivity index (χ1) is 9.10. The molecule has 0 saturated carbocycles. The van der Waals surface area contributed by atoms with Gasteiger partial charge in [-0.15, -0.1) is 11.8 Å². The van der Waals surface area contributed by atoms with E-state index in [1.807, 2.05) is 13.0 Å². The van der Waals surface area contributed by atoms with Crippen LogP contribution < -0.4 is 10.6 Å². The molecular formula is C13H16N2O3S. The van der Waals surface area contributed by atoms with E-state index in [-0.39, 0.29) is 24.3 Å². The second-order valence-electron chi connectivity index (χ2n) is 4.55. The summed E-state index contributed by atoms with van der Waals surface area (Å²) in [5.41, 5.74) is 1.19. The number of thioether (sulfide) groups is 1. The molecule has 5 nitrogen and oxygen atoms in total. The van der Waals surface area contributed by atoms with Gasteiger partial charge in [-0.05, 0) is 24.1 Å². The Morgan fingerprint density at radius 2 is 2.37 bits per heavy atom. The molecular weight excluding hydrogens is 264 g/mol. The van der Waals surface area contributed by atoms with Crippen LogP contribution in [0.4, 0.5) is 5.69 Å². The third kappa shape index (κ3) is 3.48. The van der Waals surface area contributed by atoms with E-state index in [0.717, 1.165) is 4.90 Å². The molecule has 19 heavy (non-hydrogen) atoms. The zero-order valence-corrected chi connectivity index (χ0v) is 11.4. The number of carbonyl (C=O) groups excluding carboxylic acids is 2. The van der Waals surface area contributed by atoms with E-state index in [9.17, 15) is 9.59 Å². The third-order valence-electron chi connectivity index (χ3n) is 2.80. The molecule has 0 spiro atoms. The summed E-state index contributed by atoms with van der Waals surface area (Å²) in [5, 5.41) is 14.4. The van der Waals surface area contributed by atoms with E-state index in [0.29, 0.717) is 23.5 Å². The molecule has 3 N–H and O–H groups in total. The van der Waals surface area contributed by atoms with Gasteiger partial charge in [-0.1, -0.05) is 6.92 Å². The van der Waals surface area contributed by atoms with Gasteiger partial charge in [-0.25, -0.2) is 0 Å². The zero-order chi connectivity index (χ0) is 13.8. The maximum Gasteiger partial charge on any atom is 0.251 e. The molecule has 1 aliphatic heterocycles. The smallest absolute Gasteiger partial charge is 0.251 e. The SMILES string of the molecule is CC(CO)CNC(=O)c1ccc2c(c1)NC(=O)CS2. The lowest BCUT2D eigenvalue weighted by Gasteiger charge is -2.17. The summed E-state index contributed by atoms with van der Waals surface area (Å²) in [7, 11) is 0. The van der Waals surface area contributed by atoms with Crippen LogP contribution in [0, 0.1) is 5.92 Å². The largest absolute Gasteiger partial charge is 0.396 e. The predicted octanol–water partition coefficient (Wildman–Crippen LogP) is 1.09. The number of anilines is 1. The molecule has 0 saturated heterocycles. The van der Waals surface area contributed by atoms with E-state index in [1.54, 1.807) is 12.1 Å². The van der Waals surface area contributed by atoms with Crippen molar-refractivity contribution in [2.75, 3.05) is 24.2 Å². The highest BCUT2D eigenvalue weighted by Crippen LogP contribution is 2.31. The van der Waals surface area contributed by atoms with E-state index in [1.165, 1.54) is 11.8 Å². The summed E-state index contributed by atoms with van der Waals surface area (Å²) in [6, 6.07) is 5.25. The number of aliphatic hydroxyl groups is 1. The van der Waals surface area contributed by atoms with Gasteiger partial charge in [0.05, 0.1) is 11.4 Å². The van der Waals surface area contributed by atoms with E-state index < -0.39 is 0 Å². The zero-order valence-electron chi connectivity index (χ0n) is 10.6. The first-order valence-electron chi connectivity index (χ1n) is 6.06. The maximum absolute atomic E-state index is 11.9. The van der Waals surface area contributed by atoms with Crippen molar-refractivity contribution in [1.82, 2.24) is 5.32 Å². The Morgan fingerprint density at radius 1 is 1.58 bits per heavy atom. The van der Waals surface area contributed by atoms with Gasteiger partial charge in [0.25, 0.3) is 5.91 Å². The summed E-state index contributed by atoms with van der Waals surface area (Å²) in [5.74, 6) is 0.181. The topological polar surface area (TPSA) is 78.4 Å². The molecule has 1 unspecified atom stereocenters. The number of amides is 2. The Morgan fingerprint density at radius 3 is 3.11 bits per heavy atom. The summed E-state index contributed by atoms with van der Waals surface area (Å²) in [4.78, 5) is 24.2. The van der Waals surface area contributed by atoms with Crippen molar-refractivity contribution in [2.24, 2.45) is 5.92 Å². The molecule has 1 heterocycles. The predicted molar refractivity (Wildman–Crippen MR) is 74.4 cm³/mol. The number of rotatable bonds is 4. The van der Waals surface area contributed by atoms with Crippen LogP contribution >= 0.6 is 11.8 Å². The number of hydrogen-bond acceptors (Lipinski definition) is 4. The van der Waals surface area contributed by atoms with Crippen LogP contribution in [0.15, 0.2) is 23.1 Å². The van der Waals surface area contributed by atoms with E-state index in [4.69, 9.17) is 5.11 Å². The molecule has 1 aromatic rings. The fourth-order valence-electron chi connectivity index (χ4n) is 1.66. The summed E-state index contributed by atoms with van der Waals surface area (Å²) in [6.07, 6.45) is 0. The van der Waals surface area contributed by atoms with Crippen LogP contribution in [0.5, 0.6) is 0 Å². The Labute approximate surface area is 115 Å². The highest BCUT2D eigenvalue weighted by molar-refractivity contribution is 8.00. The average Bonchev–Trinajstić information content (AvgIpc) is 2.43. The van der Waals surface area contributed by atoms with Gasteiger partial charge in [0, 0.05) is 23.6 Å². The molecule has 0 radical (unpaired) electrons. The minimum atomic E-state index is -0.201. The van der Waals surface area contributed by atoms with Crippen molar-refractivity contribution in [3.8, 4) is 0 Å². The number of fused-ring (bicyclic) bond motifs is 1. The van der Waals surface area contributed by atoms with Crippen molar-refractivity contribution in [3.63, 3.8) is 0 Å². The van der Waals surface area contributed by atoms with Crippen molar-refractivity contribution in [2.45, 2.75) is 11.8 Å². The number of hydrogen-bond donors (Lipinski definition) is 3. The Kier molecular flexibility index (Phi) is 4.44. The lowest BCUT2D eigenvalue weighted by molar-refractivity contribution is -0.113. The van der Waals surface area contributed by atoms with Crippen LogP contribution in [0.2, 0.25) is 0 Å². The Balaban J connectivity index is 2.06. The minimum Gasteiger partial charge on any atom is -0.396 e. The lowest BCUT2D eigenvalue weighted by Crippen LogP contribution is -2.29. The van der Waals surface area contributed by atoms with E-state index >= 15 is 0 Å². The van der Waals surface area contributed by atoms with Gasteiger partial charge >= 0.3 is 0 Å². The molecule has 1 atom stereocenters. The van der Waals surface area contributed by atoms with Gasteiger partial charge in [0.1, 0.15) is 0 Å². The Hall–Kier alpha value is -1.53. The van der Waals surface area contributed by atoms with E-state index in [2.05, 4.69) is 10.6 Å². The number of nitrogens with one attached hydrogen (secondary N) is 2. The molecule has 0 fully saturated rings. The second-order valence-corrected chi connectivity index (χ2v) is 5.56. The molecule has 6 heteroatoms.